The molecule has 0 radical (unpaired) electrons. The van der Waals surface area contributed by atoms with Crippen LogP contribution >= 0.6 is 0 Å². The molecule has 44 heavy (non-hydrogen) atoms. The summed E-state index contributed by atoms with van der Waals surface area (Å²) in [5.41, 5.74) is -3.67. The Morgan fingerprint density at radius 2 is 1.68 bits per heavy atom. The van der Waals surface area contributed by atoms with E-state index in [1.165, 1.54) is 7.11 Å². The van der Waals surface area contributed by atoms with Gasteiger partial charge in [-0.2, -0.15) is 0 Å². The topological polar surface area (TPSA) is 158 Å². The first-order chi connectivity index (χ1) is 20.4. The average Bonchev–Trinajstić information content (AvgIpc) is 2.90. The van der Waals surface area contributed by atoms with E-state index in [1.807, 2.05) is 40.7 Å². The van der Waals surface area contributed by atoms with Crippen molar-refractivity contribution in [3.63, 3.8) is 0 Å². The molecule has 1 aromatic rings. The van der Waals surface area contributed by atoms with Crippen LogP contribution < -0.4 is 0 Å². The number of aliphatic hydroxyl groups excluding tert-OH is 2. The summed E-state index contributed by atoms with van der Waals surface area (Å²) < 4.78 is 4.69. The molecule has 0 saturated heterocycles. The third-order valence-corrected chi connectivity index (χ3v) is 10.3. The number of carbonyl (C=O) groups is 4. The lowest BCUT2D eigenvalue weighted by atomic mass is 9.44. The number of aliphatic hydroxyl groups is 3. The number of Topliss-reactive ketones (excluding diaryl/α,β-unsaturated/α-hetero) is 3. The van der Waals surface area contributed by atoms with Crippen molar-refractivity contribution in [3.8, 4) is 5.75 Å². The van der Waals surface area contributed by atoms with E-state index in [0.29, 0.717) is 43.2 Å². The molecular formula is C35H46O9. The van der Waals surface area contributed by atoms with Crippen LogP contribution in [0.3, 0.4) is 0 Å². The molecule has 4 atom stereocenters. The number of hydrogen-bond acceptors (Lipinski definition) is 9. The van der Waals surface area contributed by atoms with Crippen LogP contribution in [0.2, 0.25) is 0 Å². The molecule has 3 aliphatic carbocycles. The summed E-state index contributed by atoms with van der Waals surface area (Å²) in [7, 11) is 1.34. The highest BCUT2D eigenvalue weighted by molar-refractivity contribution is 6.25. The minimum Gasteiger partial charge on any atom is -0.511 e. The summed E-state index contributed by atoms with van der Waals surface area (Å²) in [6, 6.07) is 1.93. The lowest BCUT2D eigenvalue weighted by Crippen LogP contribution is -2.67. The monoisotopic (exact) mass is 610 g/mol. The van der Waals surface area contributed by atoms with Crippen LogP contribution in [0.1, 0.15) is 114 Å². The number of hydrogen-bond donors (Lipinski definition) is 4. The van der Waals surface area contributed by atoms with Crippen LogP contribution in [0.4, 0.5) is 0 Å². The van der Waals surface area contributed by atoms with E-state index in [4.69, 9.17) is 4.74 Å². The zero-order valence-corrected chi connectivity index (χ0v) is 27.1. The van der Waals surface area contributed by atoms with E-state index in [1.54, 1.807) is 6.92 Å². The summed E-state index contributed by atoms with van der Waals surface area (Å²) in [4.78, 5) is 52.4. The molecule has 0 amide bonds. The maximum atomic E-state index is 14.4. The first kappa shape index (κ1) is 33.4. The van der Waals surface area contributed by atoms with Crippen molar-refractivity contribution in [1.29, 1.82) is 0 Å². The van der Waals surface area contributed by atoms with Gasteiger partial charge in [-0.05, 0) is 67.6 Å². The van der Waals surface area contributed by atoms with Gasteiger partial charge in [-0.3, -0.25) is 19.2 Å². The van der Waals surface area contributed by atoms with Gasteiger partial charge < -0.3 is 25.2 Å². The standard InChI is InChI=1S/C35H46O9/c1-17(2)21-14-20(12-10-9-11-13-23(37)44-8)28(38)25-22(21)15-33(6)16-34(7)26(18(3)4)29(39)24(19(5)36)31(41)35(34,43)32(42)27(33)30(25)40/h14,17-18,26,38-39,42-43H,9-13,15-16H2,1-8H3/t26?,33-,34-,35+/m1/s1. The molecule has 0 bridgehead atoms. The fourth-order valence-electron chi connectivity index (χ4n) is 8.46. The Kier molecular flexibility index (Phi) is 8.72. The Bertz CT molecular complexity index is 1500. The highest BCUT2D eigenvalue weighted by atomic mass is 16.5. The predicted molar refractivity (Wildman–Crippen MR) is 164 cm³/mol. The maximum absolute atomic E-state index is 14.4. The molecule has 0 heterocycles. The number of ketones is 3. The molecule has 0 saturated carbocycles. The number of fused-ring (bicyclic) bond motifs is 3. The molecule has 1 aromatic carbocycles. The first-order valence-corrected chi connectivity index (χ1v) is 15.5. The second-order valence-corrected chi connectivity index (χ2v) is 14.1. The summed E-state index contributed by atoms with van der Waals surface area (Å²) in [5, 5.41) is 46.9. The van der Waals surface area contributed by atoms with Gasteiger partial charge in [0.15, 0.2) is 17.2 Å². The minimum atomic E-state index is -2.63. The van der Waals surface area contributed by atoms with E-state index < -0.39 is 56.8 Å². The van der Waals surface area contributed by atoms with E-state index in [2.05, 4.69) is 0 Å². The number of unbranched alkanes of at least 4 members (excludes halogenated alkanes) is 2. The number of phenolic OH excluding ortho intramolecular Hbond substituents is 1. The number of benzene rings is 1. The zero-order chi connectivity index (χ0) is 33.1. The molecule has 0 fully saturated rings. The van der Waals surface area contributed by atoms with Gasteiger partial charge in [0.2, 0.25) is 5.78 Å². The Hall–Kier alpha value is -3.46. The van der Waals surface area contributed by atoms with Gasteiger partial charge in [0, 0.05) is 28.7 Å². The third kappa shape index (κ3) is 4.78. The lowest BCUT2D eigenvalue weighted by molar-refractivity contribution is -0.171. The number of rotatable bonds is 9. The number of carbonyl (C=O) groups excluding carboxylic acids is 4. The van der Waals surface area contributed by atoms with Gasteiger partial charge in [0.1, 0.15) is 22.8 Å². The molecule has 0 aromatic heterocycles. The Morgan fingerprint density at radius 1 is 1.05 bits per heavy atom. The normalized spacial score (nSPS) is 28.3. The van der Waals surface area contributed by atoms with E-state index in [0.717, 1.165) is 12.5 Å². The highest BCUT2D eigenvalue weighted by Crippen LogP contribution is 2.65. The molecule has 3 aliphatic rings. The van der Waals surface area contributed by atoms with Crippen LogP contribution in [0.5, 0.6) is 5.75 Å². The predicted octanol–water partition coefficient (Wildman–Crippen LogP) is 5.75. The zero-order valence-electron chi connectivity index (χ0n) is 27.1. The molecule has 1 unspecified atom stereocenters. The minimum absolute atomic E-state index is 0.00108. The number of aryl methyl sites for hydroxylation is 1. The van der Waals surface area contributed by atoms with Gasteiger partial charge >= 0.3 is 5.97 Å². The molecule has 4 rings (SSSR count). The first-order valence-electron chi connectivity index (χ1n) is 15.5. The van der Waals surface area contributed by atoms with Gasteiger partial charge in [-0.15, -0.1) is 0 Å². The Morgan fingerprint density at radius 3 is 2.23 bits per heavy atom. The van der Waals surface area contributed by atoms with E-state index in [-0.39, 0.29) is 47.5 Å². The number of ether oxygens (including phenoxy) is 1. The Labute approximate surface area is 259 Å². The fraction of sp³-hybridized carbons (Fsp3) is 0.600. The fourth-order valence-corrected chi connectivity index (χ4v) is 8.46. The second kappa shape index (κ2) is 11.5. The van der Waals surface area contributed by atoms with Crippen molar-refractivity contribution in [2.45, 2.75) is 105 Å². The Balaban J connectivity index is 1.89. The number of esters is 1. The number of methoxy groups -OCH3 is 1. The van der Waals surface area contributed by atoms with Crippen molar-refractivity contribution in [3.05, 3.63) is 51.0 Å². The van der Waals surface area contributed by atoms with E-state index >= 15 is 0 Å². The SMILES string of the molecule is COC(=O)CCCCCc1cc(C(C)C)c2c(c1O)C(=O)C1=C(O)[C@@]3(O)C(=O)C(C(C)=O)=C(O)C(C(C)C)[C@@]3(C)C[C@@]1(C)C2. The summed E-state index contributed by atoms with van der Waals surface area (Å²) >= 11 is 0. The molecule has 240 valence electrons. The lowest BCUT2D eigenvalue weighted by Gasteiger charge is -2.59. The smallest absolute Gasteiger partial charge is 0.305 e. The number of aromatic hydroxyl groups is 1. The second-order valence-electron chi connectivity index (χ2n) is 14.1. The van der Waals surface area contributed by atoms with Crippen LogP contribution in [0.15, 0.2) is 28.7 Å². The van der Waals surface area contributed by atoms with Crippen molar-refractivity contribution in [2.24, 2.45) is 22.7 Å². The maximum Gasteiger partial charge on any atom is 0.305 e. The summed E-state index contributed by atoms with van der Waals surface area (Å²) in [6.45, 7) is 12.2. The number of allylic oxidation sites excluding steroid dienone is 2. The molecule has 0 spiro atoms. The van der Waals surface area contributed by atoms with Crippen LogP contribution in [0, 0.1) is 22.7 Å². The quantitative estimate of drug-likeness (QED) is 0.155. The summed E-state index contributed by atoms with van der Waals surface area (Å²) in [5.74, 6) is -5.41. The molecule has 4 N–H and O–H groups in total. The molecular weight excluding hydrogens is 564 g/mol. The third-order valence-electron chi connectivity index (χ3n) is 10.3. The van der Waals surface area contributed by atoms with Gasteiger partial charge in [0.25, 0.3) is 0 Å². The molecule has 9 nitrogen and oxygen atoms in total. The molecule has 0 aliphatic heterocycles. The average molecular weight is 611 g/mol. The van der Waals surface area contributed by atoms with E-state index in [9.17, 15) is 39.6 Å². The number of phenols is 1. The van der Waals surface area contributed by atoms with Crippen LogP contribution in [-0.2, 0) is 32.0 Å². The van der Waals surface area contributed by atoms with Crippen molar-refractivity contribution >= 4 is 23.3 Å². The molecule has 9 heteroatoms. The van der Waals surface area contributed by atoms with Crippen LogP contribution in [-0.4, -0.2) is 56.5 Å². The van der Waals surface area contributed by atoms with Crippen molar-refractivity contribution in [2.75, 3.05) is 7.11 Å². The van der Waals surface area contributed by atoms with Crippen molar-refractivity contribution in [1.82, 2.24) is 0 Å². The van der Waals surface area contributed by atoms with Gasteiger partial charge in [0.05, 0.1) is 12.7 Å². The largest absolute Gasteiger partial charge is 0.511 e. The van der Waals surface area contributed by atoms with Crippen molar-refractivity contribution < 1.29 is 44.3 Å². The van der Waals surface area contributed by atoms with Crippen LogP contribution in [0.25, 0.3) is 0 Å². The highest BCUT2D eigenvalue weighted by Gasteiger charge is 2.71. The van der Waals surface area contributed by atoms with Gasteiger partial charge in [-0.25, -0.2) is 0 Å². The summed E-state index contributed by atoms with van der Waals surface area (Å²) in [6.07, 6.45) is 3.07. The van der Waals surface area contributed by atoms with Gasteiger partial charge in [-0.1, -0.05) is 54.0 Å².